The SMILES string of the molecule is CCCCCc1ccc(C(=O)NS(=O)(=O)c2cccc(C)n2)c(Oc2c(C)cc(C)cc2C)n1.[HH]. The summed E-state index contributed by atoms with van der Waals surface area (Å²) in [6.45, 7) is 9.66. The van der Waals surface area contributed by atoms with Crippen molar-refractivity contribution in [2.45, 2.75) is 65.3 Å². The van der Waals surface area contributed by atoms with Gasteiger partial charge < -0.3 is 4.74 Å². The molecule has 0 saturated heterocycles. The van der Waals surface area contributed by atoms with Gasteiger partial charge in [-0.15, -0.1) is 0 Å². The van der Waals surface area contributed by atoms with Crippen LogP contribution < -0.4 is 9.46 Å². The topological polar surface area (TPSA) is 98.2 Å². The van der Waals surface area contributed by atoms with E-state index in [0.717, 1.165) is 48.1 Å². The number of ether oxygens (including phenoxy) is 1. The number of carbonyl (C=O) groups is 1. The molecule has 1 N–H and O–H groups in total. The van der Waals surface area contributed by atoms with E-state index in [9.17, 15) is 13.2 Å². The zero-order chi connectivity index (χ0) is 24.9. The lowest BCUT2D eigenvalue weighted by Gasteiger charge is -2.16. The van der Waals surface area contributed by atoms with Crippen molar-refractivity contribution in [3.05, 3.63) is 76.1 Å². The molecule has 1 amide bonds. The van der Waals surface area contributed by atoms with Gasteiger partial charge >= 0.3 is 0 Å². The fraction of sp³-hybridized carbons (Fsp3) is 0.346. The molecule has 3 rings (SSSR count). The quantitative estimate of drug-likeness (QED) is 0.398. The Hall–Kier alpha value is -3.26. The third kappa shape index (κ3) is 6.20. The van der Waals surface area contributed by atoms with Crippen LogP contribution in [0.1, 0.15) is 66.0 Å². The smallest absolute Gasteiger partial charge is 0.281 e. The maximum atomic E-state index is 13.1. The van der Waals surface area contributed by atoms with E-state index in [4.69, 9.17) is 4.74 Å². The van der Waals surface area contributed by atoms with Crippen LogP contribution in [-0.2, 0) is 16.4 Å². The van der Waals surface area contributed by atoms with Gasteiger partial charge in [0.05, 0.1) is 0 Å². The summed E-state index contributed by atoms with van der Waals surface area (Å²) in [6, 6.07) is 11.9. The first-order valence-electron chi connectivity index (χ1n) is 11.4. The standard InChI is InChI=1S/C26H31N3O4S.H2/c1-6-7-8-11-21-13-14-22(25(30)29-34(31,32)23-12-9-10-20(5)27-23)26(28-21)33-24-18(3)15-17(2)16-19(24)4;/h9-10,12-16H,6-8,11H2,1-5H3,(H,29,30);1H. The Labute approximate surface area is 203 Å². The van der Waals surface area contributed by atoms with Gasteiger partial charge in [0.25, 0.3) is 15.9 Å². The highest BCUT2D eigenvalue weighted by molar-refractivity contribution is 7.90. The van der Waals surface area contributed by atoms with Crippen molar-refractivity contribution in [1.29, 1.82) is 0 Å². The fourth-order valence-corrected chi connectivity index (χ4v) is 4.73. The summed E-state index contributed by atoms with van der Waals surface area (Å²) in [7, 11) is -4.16. The molecule has 0 spiro atoms. The number of nitrogens with zero attached hydrogens (tertiary/aromatic N) is 2. The van der Waals surface area contributed by atoms with Crippen LogP contribution in [-0.4, -0.2) is 24.3 Å². The number of rotatable bonds is 9. The molecule has 0 fully saturated rings. The van der Waals surface area contributed by atoms with Crippen LogP contribution in [0.15, 0.2) is 47.5 Å². The molecular formula is C26H33N3O4S. The molecule has 0 bridgehead atoms. The van der Waals surface area contributed by atoms with E-state index in [1.165, 1.54) is 6.07 Å². The molecule has 3 aromatic rings. The Bertz CT molecular complexity index is 1290. The zero-order valence-corrected chi connectivity index (χ0v) is 21.1. The van der Waals surface area contributed by atoms with Crippen LogP contribution in [0.3, 0.4) is 0 Å². The summed E-state index contributed by atoms with van der Waals surface area (Å²) in [5.41, 5.74) is 4.25. The van der Waals surface area contributed by atoms with E-state index < -0.39 is 15.9 Å². The lowest BCUT2D eigenvalue weighted by molar-refractivity contribution is 0.0978. The molecule has 0 radical (unpaired) electrons. The van der Waals surface area contributed by atoms with E-state index in [-0.39, 0.29) is 17.9 Å². The highest BCUT2D eigenvalue weighted by Crippen LogP contribution is 2.31. The average molecular weight is 484 g/mol. The molecule has 7 nitrogen and oxygen atoms in total. The number of unbranched alkanes of at least 4 members (excludes halogenated alkanes) is 2. The molecule has 34 heavy (non-hydrogen) atoms. The number of aryl methyl sites for hydroxylation is 5. The summed E-state index contributed by atoms with van der Waals surface area (Å²) in [5.74, 6) is -0.150. The predicted octanol–water partition coefficient (Wildman–Crippen LogP) is 5.60. The number of benzene rings is 1. The molecule has 0 unspecified atom stereocenters. The van der Waals surface area contributed by atoms with Gasteiger partial charge in [0.2, 0.25) is 5.88 Å². The van der Waals surface area contributed by atoms with E-state index in [0.29, 0.717) is 11.4 Å². The van der Waals surface area contributed by atoms with Crippen molar-refractivity contribution in [1.82, 2.24) is 14.7 Å². The molecule has 0 aliphatic rings. The third-order valence-electron chi connectivity index (χ3n) is 5.37. The minimum atomic E-state index is -4.16. The number of sulfonamides is 1. The molecule has 0 aliphatic heterocycles. The van der Waals surface area contributed by atoms with Gasteiger partial charge in [0.15, 0.2) is 5.03 Å². The molecule has 182 valence electrons. The first-order chi connectivity index (χ1) is 16.1. The van der Waals surface area contributed by atoms with Gasteiger partial charge in [-0.2, -0.15) is 8.42 Å². The predicted molar refractivity (Wildman–Crippen MR) is 134 cm³/mol. The monoisotopic (exact) mass is 483 g/mol. The van der Waals surface area contributed by atoms with Crippen molar-refractivity contribution < 1.29 is 19.4 Å². The van der Waals surface area contributed by atoms with Gasteiger partial charge in [-0.3, -0.25) is 4.79 Å². The fourth-order valence-electron chi connectivity index (χ4n) is 3.75. The molecule has 2 aromatic heterocycles. The Kier molecular flexibility index (Phi) is 8.04. The van der Waals surface area contributed by atoms with Crippen molar-refractivity contribution >= 4 is 15.9 Å². The van der Waals surface area contributed by atoms with Gasteiger partial charge in [-0.25, -0.2) is 14.7 Å². The summed E-state index contributed by atoms with van der Waals surface area (Å²) < 4.78 is 33.8. The first kappa shape index (κ1) is 25.4. The van der Waals surface area contributed by atoms with Crippen molar-refractivity contribution in [3.8, 4) is 11.6 Å². The second-order valence-corrected chi connectivity index (χ2v) is 10.1. The Morgan fingerprint density at radius 3 is 2.35 bits per heavy atom. The van der Waals surface area contributed by atoms with Crippen LogP contribution in [0.5, 0.6) is 11.6 Å². The maximum absolute atomic E-state index is 13.1. The second-order valence-electron chi connectivity index (χ2n) is 8.49. The number of nitrogens with one attached hydrogen (secondary N) is 1. The number of pyridine rings is 2. The molecule has 0 atom stereocenters. The number of carbonyl (C=O) groups excluding carboxylic acids is 1. The largest absolute Gasteiger partial charge is 0.438 e. The van der Waals surface area contributed by atoms with Crippen LogP contribution in [0.4, 0.5) is 0 Å². The summed E-state index contributed by atoms with van der Waals surface area (Å²) in [6.07, 6.45) is 3.85. The molecular weight excluding hydrogens is 450 g/mol. The molecule has 2 heterocycles. The third-order valence-corrected chi connectivity index (χ3v) is 6.60. The number of amides is 1. The molecule has 1 aromatic carbocycles. The normalized spacial score (nSPS) is 11.3. The van der Waals surface area contributed by atoms with Crippen molar-refractivity contribution in [2.24, 2.45) is 0 Å². The minimum absolute atomic E-state index is 0. The van der Waals surface area contributed by atoms with Crippen LogP contribution in [0, 0.1) is 27.7 Å². The van der Waals surface area contributed by atoms with E-state index in [1.54, 1.807) is 31.2 Å². The number of aromatic nitrogens is 2. The highest BCUT2D eigenvalue weighted by Gasteiger charge is 2.24. The summed E-state index contributed by atoms with van der Waals surface area (Å²) in [5, 5.41) is -0.224. The lowest BCUT2D eigenvalue weighted by atomic mass is 10.1. The Morgan fingerprint density at radius 1 is 1.00 bits per heavy atom. The van der Waals surface area contributed by atoms with E-state index in [1.807, 2.05) is 32.9 Å². The van der Waals surface area contributed by atoms with Crippen molar-refractivity contribution in [3.63, 3.8) is 0 Å². The lowest BCUT2D eigenvalue weighted by Crippen LogP contribution is -2.31. The minimum Gasteiger partial charge on any atom is -0.438 e. The highest BCUT2D eigenvalue weighted by atomic mass is 32.2. The zero-order valence-electron chi connectivity index (χ0n) is 20.3. The van der Waals surface area contributed by atoms with Crippen LogP contribution in [0.2, 0.25) is 0 Å². The summed E-state index contributed by atoms with van der Waals surface area (Å²) >= 11 is 0. The Balaban J connectivity index is 0.00000432. The van der Waals surface area contributed by atoms with Crippen LogP contribution in [0.25, 0.3) is 0 Å². The maximum Gasteiger partial charge on any atom is 0.281 e. The van der Waals surface area contributed by atoms with E-state index >= 15 is 0 Å². The van der Waals surface area contributed by atoms with Gasteiger partial charge in [0, 0.05) is 12.8 Å². The van der Waals surface area contributed by atoms with Gasteiger partial charge in [-0.05, 0) is 75.9 Å². The molecule has 0 aliphatic carbocycles. The van der Waals surface area contributed by atoms with Gasteiger partial charge in [-0.1, -0.05) is 43.5 Å². The second kappa shape index (κ2) is 10.8. The van der Waals surface area contributed by atoms with Gasteiger partial charge in [0.1, 0.15) is 11.3 Å². The Morgan fingerprint density at radius 2 is 1.71 bits per heavy atom. The number of hydrogen-bond acceptors (Lipinski definition) is 6. The van der Waals surface area contributed by atoms with E-state index in [2.05, 4.69) is 21.6 Å². The average Bonchev–Trinajstić information content (AvgIpc) is 2.76. The molecule has 8 heteroatoms. The van der Waals surface area contributed by atoms with Crippen LogP contribution >= 0.6 is 0 Å². The molecule has 0 saturated carbocycles. The number of hydrogen-bond donors (Lipinski definition) is 1. The first-order valence-corrected chi connectivity index (χ1v) is 12.9. The summed E-state index contributed by atoms with van der Waals surface area (Å²) in [4.78, 5) is 21.7. The van der Waals surface area contributed by atoms with Crippen molar-refractivity contribution in [2.75, 3.05) is 0 Å².